The van der Waals surface area contributed by atoms with Gasteiger partial charge in [-0.2, -0.15) is 0 Å². The van der Waals surface area contributed by atoms with Crippen molar-refractivity contribution >= 4 is 16.7 Å². The number of quaternary nitrogens is 1. The van der Waals surface area contributed by atoms with Gasteiger partial charge in [0.1, 0.15) is 12.4 Å². The summed E-state index contributed by atoms with van der Waals surface area (Å²) in [5.41, 5.74) is 3.42. The molecule has 1 unspecified atom stereocenters. The predicted molar refractivity (Wildman–Crippen MR) is 154 cm³/mol. The molecule has 2 aliphatic carbocycles. The predicted octanol–water partition coefficient (Wildman–Crippen LogP) is 2.50. The summed E-state index contributed by atoms with van der Waals surface area (Å²) in [5, 5.41) is 13.9. The van der Waals surface area contributed by atoms with Crippen molar-refractivity contribution in [3.63, 3.8) is 0 Å². The number of amides is 1. The Morgan fingerprint density at radius 2 is 1.93 bits per heavy atom. The molecule has 1 atom stereocenters. The fraction of sp³-hybridized carbons (Fsp3) is 0.500. The van der Waals surface area contributed by atoms with E-state index in [-0.39, 0.29) is 24.1 Å². The number of fused-ring (bicyclic) bond motifs is 1. The highest BCUT2D eigenvalue weighted by Gasteiger charge is 2.26. The molecule has 0 bridgehead atoms. The van der Waals surface area contributed by atoms with Crippen molar-refractivity contribution in [3.8, 4) is 11.1 Å². The Labute approximate surface area is 234 Å². The number of rotatable bonds is 9. The van der Waals surface area contributed by atoms with Crippen LogP contribution < -0.4 is 15.8 Å². The lowest BCUT2D eigenvalue weighted by Crippen LogP contribution is -3.12. The highest BCUT2D eigenvalue weighted by molar-refractivity contribution is 5.97. The summed E-state index contributed by atoms with van der Waals surface area (Å²) in [6.07, 6.45) is 7.39. The van der Waals surface area contributed by atoms with Crippen LogP contribution in [0.2, 0.25) is 0 Å². The number of nitrogens with zero attached hydrogens (tertiary/aromatic N) is 2. The molecule has 0 radical (unpaired) electrons. The largest absolute Gasteiger partial charge is 0.391 e. The molecule has 7 nitrogen and oxygen atoms in total. The van der Waals surface area contributed by atoms with E-state index in [1.165, 1.54) is 23.8 Å². The van der Waals surface area contributed by atoms with Crippen molar-refractivity contribution in [2.45, 2.75) is 58.2 Å². The number of benzene rings is 2. The maximum atomic E-state index is 15.1. The summed E-state index contributed by atoms with van der Waals surface area (Å²) >= 11 is 0. The third-order valence-electron chi connectivity index (χ3n) is 8.80. The third kappa shape index (κ3) is 5.99. The van der Waals surface area contributed by atoms with Crippen molar-refractivity contribution in [3.05, 3.63) is 69.4 Å². The van der Waals surface area contributed by atoms with Crippen molar-refractivity contribution in [2.24, 2.45) is 5.92 Å². The Hall–Kier alpha value is -3.07. The zero-order valence-electron chi connectivity index (χ0n) is 23.3. The zero-order valence-corrected chi connectivity index (χ0v) is 23.3. The first-order valence-corrected chi connectivity index (χ1v) is 14.8. The van der Waals surface area contributed by atoms with Crippen LogP contribution in [-0.2, 0) is 13.1 Å². The van der Waals surface area contributed by atoms with Gasteiger partial charge in [0.15, 0.2) is 0 Å². The van der Waals surface area contributed by atoms with E-state index in [0.717, 1.165) is 81.6 Å². The zero-order chi connectivity index (χ0) is 27.8. The van der Waals surface area contributed by atoms with E-state index in [9.17, 15) is 14.7 Å². The molecule has 2 saturated carbocycles. The fourth-order valence-electron chi connectivity index (χ4n) is 5.99. The first-order chi connectivity index (χ1) is 19.4. The molecule has 1 saturated heterocycles. The van der Waals surface area contributed by atoms with Crippen LogP contribution in [0, 0.1) is 18.7 Å². The van der Waals surface area contributed by atoms with Gasteiger partial charge in [0, 0.05) is 55.8 Å². The molecule has 212 valence electrons. The molecule has 2 aromatic carbocycles. The second-order valence-electron chi connectivity index (χ2n) is 12.0. The molecule has 0 spiro atoms. The van der Waals surface area contributed by atoms with Crippen molar-refractivity contribution in [1.82, 2.24) is 14.8 Å². The van der Waals surface area contributed by atoms with Gasteiger partial charge >= 0.3 is 0 Å². The Kier molecular flexibility index (Phi) is 7.75. The van der Waals surface area contributed by atoms with Crippen molar-refractivity contribution < 1.29 is 19.2 Å². The molecule has 40 heavy (non-hydrogen) atoms. The van der Waals surface area contributed by atoms with E-state index in [1.807, 2.05) is 29.0 Å². The topological polar surface area (TPSA) is 79.0 Å². The Balaban J connectivity index is 1.38. The third-order valence-corrected chi connectivity index (χ3v) is 8.80. The molecule has 8 heteroatoms. The standard InChI is InChI=1S/C32H39FN4O3/c1-21-28(16-24(17-30(21)33)31(39)34-26-6-7-26)23-5-8-27-29(15-23)25(20-37(32(27)40)18-22-3-4-22)19-36-10-2-9-35(11-12-36)13-14-38/h5,8,15-17,20,22,26,38H,2-4,6-7,9-14,18-19H2,1H3,(H,34,39)/p+1. The number of nitrogens with one attached hydrogen (secondary N) is 2. The molecule has 1 amide bonds. The van der Waals surface area contributed by atoms with Crippen molar-refractivity contribution in [2.75, 3.05) is 39.3 Å². The molecular formula is C32H40FN4O3+. The smallest absolute Gasteiger partial charge is 0.258 e. The van der Waals surface area contributed by atoms with Gasteiger partial charge in [0.25, 0.3) is 11.5 Å². The van der Waals surface area contributed by atoms with E-state index in [0.29, 0.717) is 28.0 Å². The average Bonchev–Trinajstić information content (AvgIpc) is 3.86. The summed E-state index contributed by atoms with van der Waals surface area (Å²) < 4.78 is 16.9. The average molecular weight is 548 g/mol. The summed E-state index contributed by atoms with van der Waals surface area (Å²) in [4.78, 5) is 30.2. The Morgan fingerprint density at radius 3 is 2.67 bits per heavy atom. The lowest BCUT2D eigenvalue weighted by atomic mass is 9.94. The summed E-state index contributed by atoms with van der Waals surface area (Å²) in [6, 6.07) is 9.07. The summed E-state index contributed by atoms with van der Waals surface area (Å²) in [5.74, 6) is -0.0741. The minimum Gasteiger partial charge on any atom is -0.391 e. The molecule has 2 heterocycles. The van der Waals surface area contributed by atoms with Gasteiger partial charge in [0.2, 0.25) is 0 Å². The van der Waals surface area contributed by atoms with Gasteiger partial charge in [-0.15, -0.1) is 0 Å². The molecule has 3 N–H and O–H groups in total. The number of aliphatic hydroxyl groups is 1. The van der Waals surface area contributed by atoms with Gasteiger partial charge in [-0.3, -0.25) is 14.5 Å². The fourth-order valence-corrected chi connectivity index (χ4v) is 5.99. The van der Waals surface area contributed by atoms with Crippen LogP contribution in [0.5, 0.6) is 0 Å². The van der Waals surface area contributed by atoms with Crippen LogP contribution in [0.4, 0.5) is 4.39 Å². The molecule has 3 aromatic rings. The van der Waals surface area contributed by atoms with E-state index < -0.39 is 5.82 Å². The number of carbonyl (C=O) groups excluding carboxylic acids is 1. The number of aromatic nitrogens is 1. The lowest BCUT2D eigenvalue weighted by Gasteiger charge is -2.22. The number of hydrogen-bond donors (Lipinski definition) is 3. The minimum absolute atomic E-state index is 0.0205. The quantitative estimate of drug-likeness (QED) is 0.385. The van der Waals surface area contributed by atoms with Crippen LogP contribution >= 0.6 is 0 Å². The van der Waals surface area contributed by atoms with E-state index in [4.69, 9.17) is 0 Å². The minimum atomic E-state index is -0.405. The van der Waals surface area contributed by atoms with Crippen LogP contribution in [0.15, 0.2) is 41.3 Å². The Bertz CT molecular complexity index is 1480. The summed E-state index contributed by atoms with van der Waals surface area (Å²) in [6.45, 7) is 8.15. The van der Waals surface area contributed by atoms with Crippen LogP contribution in [0.25, 0.3) is 21.9 Å². The van der Waals surface area contributed by atoms with Crippen molar-refractivity contribution in [1.29, 1.82) is 0 Å². The highest BCUT2D eigenvalue weighted by atomic mass is 19.1. The van der Waals surface area contributed by atoms with Gasteiger partial charge < -0.3 is 19.9 Å². The highest BCUT2D eigenvalue weighted by Crippen LogP contribution is 2.33. The van der Waals surface area contributed by atoms with Gasteiger partial charge in [-0.05, 0) is 90.4 Å². The first kappa shape index (κ1) is 27.1. The second-order valence-corrected chi connectivity index (χ2v) is 12.0. The van der Waals surface area contributed by atoms with Gasteiger partial charge in [-0.25, -0.2) is 4.39 Å². The molecule has 1 aliphatic heterocycles. The number of carbonyl (C=O) groups is 1. The van der Waals surface area contributed by atoms with E-state index >= 15 is 4.39 Å². The van der Waals surface area contributed by atoms with Crippen LogP contribution in [0.3, 0.4) is 0 Å². The molecule has 3 fully saturated rings. The SMILES string of the molecule is Cc1c(F)cc(C(=O)NC2CC2)cc1-c1ccc2c(=O)n(CC3CC3)cc(CN3CCC[NH+](CCO)CC3)c2c1. The molecular weight excluding hydrogens is 507 g/mol. The number of aliphatic hydroxyl groups excluding tert-OH is 1. The molecule has 3 aliphatic rings. The molecule has 6 rings (SSSR count). The first-order valence-electron chi connectivity index (χ1n) is 14.8. The van der Waals surface area contributed by atoms with Gasteiger partial charge in [0.05, 0.1) is 19.7 Å². The van der Waals surface area contributed by atoms with Crippen LogP contribution in [0.1, 0.15) is 53.6 Å². The normalized spacial score (nSPS) is 20.0. The maximum absolute atomic E-state index is 15.1. The lowest BCUT2D eigenvalue weighted by molar-refractivity contribution is -0.898. The Morgan fingerprint density at radius 1 is 1.10 bits per heavy atom. The molecule has 1 aromatic heterocycles. The maximum Gasteiger partial charge on any atom is 0.258 e. The summed E-state index contributed by atoms with van der Waals surface area (Å²) in [7, 11) is 0. The van der Waals surface area contributed by atoms with E-state index in [2.05, 4.69) is 10.2 Å². The monoisotopic (exact) mass is 547 g/mol. The number of hydrogen-bond acceptors (Lipinski definition) is 4. The van der Waals surface area contributed by atoms with Gasteiger partial charge in [-0.1, -0.05) is 6.07 Å². The number of pyridine rings is 1. The van der Waals surface area contributed by atoms with Crippen LogP contribution in [-0.4, -0.2) is 65.9 Å². The second kappa shape index (κ2) is 11.4. The van der Waals surface area contributed by atoms with E-state index in [1.54, 1.807) is 13.0 Å². The number of halogens is 1.